The van der Waals surface area contributed by atoms with Crippen molar-refractivity contribution >= 4 is 5.69 Å². The Balaban J connectivity index is 2.19. The molecule has 0 amide bonds. The van der Waals surface area contributed by atoms with E-state index in [1.165, 1.54) is 0 Å². The summed E-state index contributed by atoms with van der Waals surface area (Å²) in [4.78, 5) is 4.21. The van der Waals surface area contributed by atoms with Crippen LogP contribution in [0.1, 0.15) is 31.0 Å². The van der Waals surface area contributed by atoms with Crippen LogP contribution in [-0.4, -0.2) is 11.6 Å². The number of aromatic nitrogens is 1. The van der Waals surface area contributed by atoms with Gasteiger partial charge in [0.05, 0.1) is 23.9 Å². The molecule has 1 heterocycles. The number of nitrogens with zero attached hydrogens (tertiary/aromatic N) is 2. The number of nitrogens with one attached hydrogen (secondary N) is 1. The number of nitriles is 1. The zero-order chi connectivity index (χ0) is 14.4. The van der Waals surface area contributed by atoms with Gasteiger partial charge < -0.3 is 10.1 Å². The van der Waals surface area contributed by atoms with Crippen LogP contribution >= 0.6 is 0 Å². The molecule has 2 rings (SSSR count). The van der Waals surface area contributed by atoms with Crippen LogP contribution in [0.3, 0.4) is 0 Å². The molecule has 0 saturated heterocycles. The topological polar surface area (TPSA) is 57.9 Å². The molecular weight excluding hydrogens is 250 g/mol. The molecule has 4 heteroatoms. The van der Waals surface area contributed by atoms with Crippen LogP contribution < -0.4 is 10.1 Å². The average molecular weight is 267 g/mol. The summed E-state index contributed by atoms with van der Waals surface area (Å²) in [6, 6.07) is 13.6. The number of pyridine rings is 1. The van der Waals surface area contributed by atoms with Gasteiger partial charge in [-0.1, -0.05) is 12.1 Å². The molecule has 102 valence electrons. The molecule has 20 heavy (non-hydrogen) atoms. The minimum Gasteiger partial charge on any atom is -0.476 e. The lowest BCUT2D eigenvalue weighted by Crippen LogP contribution is -2.09. The van der Waals surface area contributed by atoms with E-state index in [1.807, 2.05) is 44.2 Å². The zero-order valence-electron chi connectivity index (χ0n) is 11.6. The summed E-state index contributed by atoms with van der Waals surface area (Å²) in [6.45, 7) is 4.54. The highest BCUT2D eigenvalue weighted by molar-refractivity contribution is 5.53. The first-order valence-corrected chi connectivity index (χ1v) is 6.59. The Hall–Kier alpha value is -2.54. The third-order valence-corrected chi connectivity index (χ3v) is 2.94. The van der Waals surface area contributed by atoms with E-state index in [-0.39, 0.29) is 6.04 Å². The largest absolute Gasteiger partial charge is 0.476 e. The van der Waals surface area contributed by atoms with Crippen molar-refractivity contribution in [2.24, 2.45) is 0 Å². The highest BCUT2D eigenvalue weighted by Crippen LogP contribution is 2.26. The van der Waals surface area contributed by atoms with Crippen molar-refractivity contribution in [3.8, 4) is 11.9 Å². The predicted octanol–water partition coefficient (Wildman–Crippen LogP) is 3.53. The van der Waals surface area contributed by atoms with Gasteiger partial charge in [0, 0.05) is 12.2 Å². The van der Waals surface area contributed by atoms with Gasteiger partial charge in [0.1, 0.15) is 0 Å². The van der Waals surface area contributed by atoms with E-state index in [9.17, 15) is 0 Å². The SMILES string of the molecule is CCOc1ncccc1NC(C)c1cccc(C#N)c1. The molecule has 0 aliphatic heterocycles. The van der Waals surface area contributed by atoms with Gasteiger partial charge in [-0.3, -0.25) is 0 Å². The minimum atomic E-state index is 0.0618. The van der Waals surface area contributed by atoms with Crippen molar-refractivity contribution in [2.45, 2.75) is 19.9 Å². The molecule has 2 aromatic rings. The van der Waals surface area contributed by atoms with Gasteiger partial charge in [-0.25, -0.2) is 4.98 Å². The van der Waals surface area contributed by atoms with Crippen LogP contribution in [0.4, 0.5) is 5.69 Å². The van der Waals surface area contributed by atoms with Crippen molar-refractivity contribution in [3.05, 3.63) is 53.7 Å². The van der Waals surface area contributed by atoms with Crippen LogP contribution in [0.15, 0.2) is 42.6 Å². The number of hydrogen-bond donors (Lipinski definition) is 1. The monoisotopic (exact) mass is 267 g/mol. The summed E-state index contributed by atoms with van der Waals surface area (Å²) in [5.41, 5.74) is 2.56. The Kier molecular flexibility index (Phi) is 4.56. The molecule has 0 saturated carbocycles. The van der Waals surface area contributed by atoms with Gasteiger partial charge in [0.25, 0.3) is 0 Å². The van der Waals surface area contributed by atoms with E-state index in [1.54, 1.807) is 12.3 Å². The lowest BCUT2D eigenvalue weighted by molar-refractivity contribution is 0.328. The first kappa shape index (κ1) is 13.9. The number of anilines is 1. The Morgan fingerprint density at radius 1 is 1.35 bits per heavy atom. The predicted molar refractivity (Wildman–Crippen MR) is 78.6 cm³/mol. The van der Waals surface area contributed by atoms with Gasteiger partial charge in [-0.2, -0.15) is 5.26 Å². The first-order chi connectivity index (χ1) is 9.74. The van der Waals surface area contributed by atoms with E-state index in [2.05, 4.69) is 16.4 Å². The van der Waals surface area contributed by atoms with Gasteiger partial charge in [0.15, 0.2) is 0 Å². The quantitative estimate of drug-likeness (QED) is 0.900. The maximum atomic E-state index is 8.95. The molecule has 1 atom stereocenters. The van der Waals surface area contributed by atoms with Crippen molar-refractivity contribution in [1.29, 1.82) is 5.26 Å². The van der Waals surface area contributed by atoms with E-state index < -0.39 is 0 Å². The molecule has 0 spiro atoms. The standard InChI is InChI=1S/C16H17N3O/c1-3-20-16-15(8-5-9-18-16)19-12(2)14-7-4-6-13(10-14)11-17/h4-10,12,19H,3H2,1-2H3. The number of rotatable bonds is 5. The lowest BCUT2D eigenvalue weighted by atomic mass is 10.1. The summed E-state index contributed by atoms with van der Waals surface area (Å²) in [5.74, 6) is 0.596. The maximum absolute atomic E-state index is 8.95. The fourth-order valence-electron chi connectivity index (χ4n) is 1.95. The summed E-state index contributed by atoms with van der Waals surface area (Å²) < 4.78 is 5.49. The second kappa shape index (κ2) is 6.58. The molecule has 0 radical (unpaired) electrons. The van der Waals surface area contributed by atoms with Crippen LogP contribution in [0, 0.1) is 11.3 Å². The normalized spacial score (nSPS) is 11.4. The second-order valence-electron chi connectivity index (χ2n) is 4.39. The highest BCUT2D eigenvalue weighted by Gasteiger charge is 2.10. The lowest BCUT2D eigenvalue weighted by Gasteiger charge is -2.17. The fraction of sp³-hybridized carbons (Fsp3) is 0.250. The number of benzene rings is 1. The molecule has 1 N–H and O–H groups in total. The van der Waals surface area contributed by atoms with Crippen molar-refractivity contribution in [3.63, 3.8) is 0 Å². The van der Waals surface area contributed by atoms with Crippen molar-refractivity contribution in [1.82, 2.24) is 4.98 Å². The van der Waals surface area contributed by atoms with Crippen molar-refractivity contribution < 1.29 is 4.74 Å². The van der Waals surface area contributed by atoms with E-state index in [0.717, 1.165) is 11.3 Å². The molecule has 0 bridgehead atoms. The van der Waals surface area contributed by atoms with E-state index in [0.29, 0.717) is 18.1 Å². The summed E-state index contributed by atoms with van der Waals surface area (Å²) >= 11 is 0. The van der Waals surface area contributed by atoms with Crippen molar-refractivity contribution in [2.75, 3.05) is 11.9 Å². The van der Waals surface area contributed by atoms with Crippen LogP contribution in [-0.2, 0) is 0 Å². The molecule has 1 unspecified atom stereocenters. The van der Waals surface area contributed by atoms with Gasteiger partial charge in [0.2, 0.25) is 5.88 Å². The van der Waals surface area contributed by atoms with Crippen LogP contribution in [0.5, 0.6) is 5.88 Å². The Labute approximate surface area is 119 Å². The maximum Gasteiger partial charge on any atom is 0.237 e. The van der Waals surface area contributed by atoms with Gasteiger partial charge in [-0.15, -0.1) is 0 Å². The minimum absolute atomic E-state index is 0.0618. The van der Waals surface area contributed by atoms with Gasteiger partial charge >= 0.3 is 0 Å². The van der Waals surface area contributed by atoms with Crippen LogP contribution in [0.2, 0.25) is 0 Å². The third-order valence-electron chi connectivity index (χ3n) is 2.94. The van der Waals surface area contributed by atoms with E-state index >= 15 is 0 Å². The summed E-state index contributed by atoms with van der Waals surface area (Å²) in [6.07, 6.45) is 1.71. The Morgan fingerprint density at radius 2 is 2.20 bits per heavy atom. The molecule has 0 aliphatic carbocycles. The third kappa shape index (κ3) is 3.27. The molecule has 1 aromatic carbocycles. The molecular formula is C16H17N3O. The Morgan fingerprint density at radius 3 is 2.95 bits per heavy atom. The number of ether oxygens (including phenoxy) is 1. The Bertz CT molecular complexity index is 619. The zero-order valence-corrected chi connectivity index (χ0v) is 11.6. The molecule has 0 aliphatic rings. The summed E-state index contributed by atoms with van der Waals surface area (Å²) in [5, 5.41) is 12.3. The van der Waals surface area contributed by atoms with Gasteiger partial charge in [-0.05, 0) is 43.7 Å². The number of hydrogen-bond acceptors (Lipinski definition) is 4. The molecule has 1 aromatic heterocycles. The summed E-state index contributed by atoms with van der Waals surface area (Å²) in [7, 11) is 0. The highest BCUT2D eigenvalue weighted by atomic mass is 16.5. The smallest absolute Gasteiger partial charge is 0.237 e. The average Bonchev–Trinajstić information content (AvgIpc) is 2.49. The van der Waals surface area contributed by atoms with E-state index in [4.69, 9.17) is 10.00 Å². The fourth-order valence-corrected chi connectivity index (χ4v) is 1.95. The molecule has 0 fully saturated rings. The second-order valence-corrected chi connectivity index (χ2v) is 4.39. The molecule has 4 nitrogen and oxygen atoms in total. The van der Waals surface area contributed by atoms with Crippen LogP contribution in [0.25, 0.3) is 0 Å². The first-order valence-electron chi connectivity index (χ1n) is 6.59.